The fraction of sp³-hybridized carbons (Fsp3) is 0.261. The largest absolute Gasteiger partial charge is 0.436 e. The summed E-state index contributed by atoms with van der Waals surface area (Å²) in [4.78, 5) is 23.7. The quantitative estimate of drug-likeness (QED) is 0.635. The van der Waals surface area contributed by atoms with E-state index < -0.39 is 0 Å². The minimum absolute atomic E-state index is 0.0223. The fourth-order valence-electron chi connectivity index (χ4n) is 3.56. The van der Waals surface area contributed by atoms with E-state index in [2.05, 4.69) is 20.2 Å². The number of halogens is 1. The predicted molar refractivity (Wildman–Crippen MR) is 117 cm³/mol. The monoisotopic (exact) mass is 422 g/mol. The van der Waals surface area contributed by atoms with E-state index >= 15 is 0 Å². The molecule has 1 aromatic heterocycles. The number of benzene rings is 2. The molecular weight excluding hydrogens is 400 g/mol. The van der Waals surface area contributed by atoms with Gasteiger partial charge in [0.25, 0.3) is 5.88 Å². The molecule has 1 atom stereocenters. The van der Waals surface area contributed by atoms with E-state index in [1.165, 1.54) is 0 Å². The van der Waals surface area contributed by atoms with Crippen LogP contribution in [0, 0.1) is 5.92 Å². The summed E-state index contributed by atoms with van der Waals surface area (Å²) in [6.45, 7) is 1.79. The predicted octanol–water partition coefficient (Wildman–Crippen LogP) is 4.46. The molecule has 0 aliphatic carbocycles. The molecule has 0 bridgehead atoms. The molecule has 6 nitrogen and oxygen atoms in total. The van der Waals surface area contributed by atoms with Gasteiger partial charge in [0, 0.05) is 37.1 Å². The first-order chi connectivity index (χ1) is 14.7. The van der Waals surface area contributed by atoms with Gasteiger partial charge in [0.15, 0.2) is 5.82 Å². The number of ether oxygens (including phenoxy) is 1. The van der Waals surface area contributed by atoms with Gasteiger partial charge in [0.05, 0.1) is 5.92 Å². The lowest BCUT2D eigenvalue weighted by Crippen LogP contribution is -2.43. The number of carbonyl (C=O) groups excluding carboxylic acids is 1. The first-order valence-corrected chi connectivity index (χ1v) is 10.4. The first-order valence-electron chi connectivity index (χ1n) is 10.0. The number of anilines is 1. The van der Waals surface area contributed by atoms with Crippen molar-refractivity contribution in [3.05, 3.63) is 77.6 Å². The molecule has 0 saturated carbocycles. The van der Waals surface area contributed by atoms with Gasteiger partial charge in [-0.15, -0.1) is 0 Å². The molecule has 0 radical (unpaired) electrons. The Balaban J connectivity index is 1.43. The van der Waals surface area contributed by atoms with Crippen molar-refractivity contribution in [2.75, 3.05) is 18.0 Å². The van der Waals surface area contributed by atoms with E-state index in [-0.39, 0.29) is 11.8 Å². The van der Waals surface area contributed by atoms with Crippen molar-refractivity contribution in [1.82, 2.24) is 15.3 Å². The van der Waals surface area contributed by atoms with Gasteiger partial charge in [-0.2, -0.15) is 0 Å². The molecule has 30 heavy (non-hydrogen) atoms. The first kappa shape index (κ1) is 20.2. The highest BCUT2D eigenvalue weighted by molar-refractivity contribution is 6.31. The highest BCUT2D eigenvalue weighted by atomic mass is 35.5. The van der Waals surface area contributed by atoms with E-state index in [4.69, 9.17) is 16.3 Å². The van der Waals surface area contributed by atoms with E-state index in [0.717, 1.165) is 24.9 Å². The van der Waals surface area contributed by atoms with Crippen LogP contribution in [0.4, 0.5) is 5.82 Å². The number of nitrogens with zero attached hydrogens (tertiary/aromatic N) is 3. The smallest absolute Gasteiger partial charge is 0.263 e. The van der Waals surface area contributed by atoms with Crippen LogP contribution in [0.15, 0.2) is 67.0 Å². The van der Waals surface area contributed by atoms with Gasteiger partial charge in [0.2, 0.25) is 5.91 Å². The molecule has 1 N–H and O–H groups in total. The van der Waals surface area contributed by atoms with Crippen molar-refractivity contribution in [2.24, 2.45) is 5.92 Å². The second-order valence-electron chi connectivity index (χ2n) is 7.19. The van der Waals surface area contributed by atoms with Gasteiger partial charge in [-0.05, 0) is 36.6 Å². The van der Waals surface area contributed by atoms with Crippen LogP contribution in [0.2, 0.25) is 5.02 Å². The van der Waals surface area contributed by atoms with Crippen LogP contribution in [0.5, 0.6) is 11.6 Å². The van der Waals surface area contributed by atoms with Crippen molar-refractivity contribution in [1.29, 1.82) is 0 Å². The molecule has 1 fully saturated rings. The van der Waals surface area contributed by atoms with Gasteiger partial charge in [-0.25, -0.2) is 9.97 Å². The third-order valence-electron chi connectivity index (χ3n) is 5.11. The molecule has 3 aromatic rings. The zero-order valence-corrected chi connectivity index (χ0v) is 17.3. The Morgan fingerprint density at radius 1 is 1.10 bits per heavy atom. The molecule has 2 heterocycles. The number of rotatable bonds is 6. The van der Waals surface area contributed by atoms with Crippen LogP contribution in [0.3, 0.4) is 0 Å². The van der Waals surface area contributed by atoms with Gasteiger partial charge < -0.3 is 15.0 Å². The van der Waals surface area contributed by atoms with Crippen molar-refractivity contribution >= 4 is 23.3 Å². The van der Waals surface area contributed by atoms with Crippen LogP contribution < -0.4 is 15.0 Å². The lowest BCUT2D eigenvalue weighted by molar-refractivity contribution is -0.125. The summed E-state index contributed by atoms with van der Waals surface area (Å²) < 4.78 is 5.95. The normalized spacial score (nSPS) is 16.2. The van der Waals surface area contributed by atoms with E-state index in [0.29, 0.717) is 35.6 Å². The Morgan fingerprint density at radius 3 is 2.70 bits per heavy atom. The average Bonchev–Trinajstić information content (AvgIpc) is 2.79. The Hall–Kier alpha value is -3.12. The van der Waals surface area contributed by atoms with Crippen LogP contribution in [0.25, 0.3) is 0 Å². The molecule has 1 aliphatic heterocycles. The molecule has 1 aliphatic rings. The number of amides is 1. The van der Waals surface area contributed by atoms with Crippen molar-refractivity contribution < 1.29 is 9.53 Å². The number of nitrogens with one attached hydrogen (secondary N) is 1. The number of hydrogen-bond acceptors (Lipinski definition) is 5. The molecule has 1 saturated heterocycles. The van der Waals surface area contributed by atoms with Crippen LogP contribution in [-0.2, 0) is 11.3 Å². The molecule has 154 valence electrons. The van der Waals surface area contributed by atoms with Gasteiger partial charge >= 0.3 is 0 Å². The molecule has 4 rings (SSSR count). The number of aromatic nitrogens is 2. The Morgan fingerprint density at radius 2 is 1.87 bits per heavy atom. The zero-order valence-electron chi connectivity index (χ0n) is 16.5. The van der Waals surface area contributed by atoms with Gasteiger partial charge in [0.1, 0.15) is 5.75 Å². The molecule has 0 spiro atoms. The van der Waals surface area contributed by atoms with Crippen LogP contribution in [-0.4, -0.2) is 29.0 Å². The summed E-state index contributed by atoms with van der Waals surface area (Å²) in [5.41, 5.74) is 0.910. The van der Waals surface area contributed by atoms with E-state index in [9.17, 15) is 4.79 Å². The maximum Gasteiger partial charge on any atom is 0.263 e. The lowest BCUT2D eigenvalue weighted by atomic mass is 9.97. The Kier molecular flexibility index (Phi) is 6.44. The SMILES string of the molecule is O=C(NCc1ccccc1Cl)C1CCCN(c2nccnc2Oc2ccccc2)C1. The maximum absolute atomic E-state index is 12.8. The number of hydrogen-bond donors (Lipinski definition) is 1. The average molecular weight is 423 g/mol. The Bertz CT molecular complexity index is 999. The van der Waals surface area contributed by atoms with E-state index in [1.807, 2.05) is 54.6 Å². The third-order valence-corrected chi connectivity index (χ3v) is 5.48. The van der Waals surface area contributed by atoms with Crippen molar-refractivity contribution in [2.45, 2.75) is 19.4 Å². The van der Waals surface area contributed by atoms with Gasteiger partial charge in [-0.1, -0.05) is 48.0 Å². The topological polar surface area (TPSA) is 67.4 Å². The number of para-hydroxylation sites is 1. The summed E-state index contributed by atoms with van der Waals surface area (Å²) in [5.74, 6) is 1.69. The molecule has 7 heteroatoms. The summed E-state index contributed by atoms with van der Waals surface area (Å²) in [5, 5.41) is 3.68. The summed E-state index contributed by atoms with van der Waals surface area (Å²) in [6.07, 6.45) is 4.99. The summed E-state index contributed by atoms with van der Waals surface area (Å²) in [6, 6.07) is 17.0. The molecular formula is C23H23ClN4O2. The minimum Gasteiger partial charge on any atom is -0.436 e. The number of carbonyl (C=O) groups is 1. The number of piperidine rings is 1. The Labute approximate surface area is 180 Å². The lowest BCUT2D eigenvalue weighted by Gasteiger charge is -2.33. The van der Waals surface area contributed by atoms with Crippen LogP contribution in [0.1, 0.15) is 18.4 Å². The molecule has 1 unspecified atom stereocenters. The summed E-state index contributed by atoms with van der Waals surface area (Å²) in [7, 11) is 0. The second-order valence-corrected chi connectivity index (χ2v) is 7.60. The van der Waals surface area contributed by atoms with Gasteiger partial charge in [-0.3, -0.25) is 4.79 Å². The highest BCUT2D eigenvalue weighted by Crippen LogP contribution is 2.31. The second kappa shape index (κ2) is 9.59. The maximum atomic E-state index is 12.8. The third kappa shape index (κ3) is 4.89. The standard InChI is InChI=1S/C23H23ClN4O2/c24-20-11-5-4-7-17(20)15-27-22(29)18-8-6-14-28(16-18)21-23(26-13-12-25-21)30-19-9-2-1-3-10-19/h1-5,7,9-13,18H,6,8,14-16H2,(H,27,29). The fourth-order valence-corrected chi connectivity index (χ4v) is 3.76. The molecule has 1 amide bonds. The van der Waals surface area contributed by atoms with Crippen molar-refractivity contribution in [3.63, 3.8) is 0 Å². The summed E-state index contributed by atoms with van der Waals surface area (Å²) >= 11 is 6.19. The van der Waals surface area contributed by atoms with E-state index in [1.54, 1.807) is 12.4 Å². The zero-order chi connectivity index (χ0) is 20.8. The van der Waals surface area contributed by atoms with Crippen molar-refractivity contribution in [3.8, 4) is 11.6 Å². The minimum atomic E-state index is -0.132. The molecule has 2 aromatic carbocycles. The van der Waals surface area contributed by atoms with Crippen LogP contribution >= 0.6 is 11.6 Å². The highest BCUT2D eigenvalue weighted by Gasteiger charge is 2.28.